The Balaban J connectivity index is 1.75. The van der Waals surface area contributed by atoms with Crippen LogP contribution in [0.4, 0.5) is 0 Å². The van der Waals surface area contributed by atoms with Crippen molar-refractivity contribution in [3.8, 4) is 0 Å². The van der Waals surface area contributed by atoms with E-state index in [0.29, 0.717) is 13.1 Å². The Kier molecular flexibility index (Phi) is 3.91. The number of H-pyrrole nitrogens is 1. The maximum absolute atomic E-state index is 11.5. The molecule has 19 heavy (non-hydrogen) atoms. The van der Waals surface area contributed by atoms with E-state index in [0.717, 1.165) is 5.69 Å². The first kappa shape index (κ1) is 12.8. The molecular weight excluding hydrogens is 250 g/mol. The molecule has 8 heteroatoms. The van der Waals surface area contributed by atoms with Crippen molar-refractivity contribution in [2.24, 2.45) is 0 Å². The van der Waals surface area contributed by atoms with Gasteiger partial charge in [0.15, 0.2) is 0 Å². The maximum atomic E-state index is 11.5. The molecule has 3 N–H and O–H groups in total. The second-order valence-corrected chi connectivity index (χ2v) is 3.91. The van der Waals surface area contributed by atoms with Crippen molar-refractivity contribution in [1.29, 1.82) is 0 Å². The third kappa shape index (κ3) is 3.66. The molecule has 0 aliphatic heterocycles. The van der Waals surface area contributed by atoms with Crippen molar-refractivity contribution < 1.29 is 14.7 Å². The number of nitrogens with one attached hydrogen (secondary N) is 2. The van der Waals surface area contributed by atoms with Crippen molar-refractivity contribution in [1.82, 2.24) is 25.3 Å². The Morgan fingerprint density at radius 1 is 1.47 bits per heavy atom. The van der Waals surface area contributed by atoms with Crippen LogP contribution in [0.3, 0.4) is 0 Å². The van der Waals surface area contributed by atoms with Crippen LogP contribution < -0.4 is 5.32 Å². The number of aromatic carboxylic acids is 1. The predicted molar refractivity (Wildman–Crippen MR) is 64.2 cm³/mol. The van der Waals surface area contributed by atoms with Crippen LogP contribution in [0, 0.1) is 0 Å². The van der Waals surface area contributed by atoms with Gasteiger partial charge in [0.05, 0.1) is 24.0 Å². The Hall–Kier alpha value is -2.64. The van der Waals surface area contributed by atoms with Gasteiger partial charge >= 0.3 is 5.97 Å². The van der Waals surface area contributed by atoms with Gasteiger partial charge in [0.25, 0.3) is 0 Å². The number of nitrogens with zero attached hydrogens (tertiary/aromatic N) is 3. The number of carboxylic acid groups (broad SMARTS) is 1. The van der Waals surface area contributed by atoms with E-state index in [1.807, 2.05) is 0 Å². The summed E-state index contributed by atoms with van der Waals surface area (Å²) in [5.41, 5.74) is 0.929. The summed E-state index contributed by atoms with van der Waals surface area (Å²) < 4.78 is 1.43. The van der Waals surface area contributed by atoms with E-state index in [2.05, 4.69) is 20.6 Å². The molecule has 2 aromatic rings. The predicted octanol–water partition coefficient (Wildman–Crippen LogP) is 0.0109. The van der Waals surface area contributed by atoms with E-state index in [9.17, 15) is 9.59 Å². The van der Waals surface area contributed by atoms with Crippen LogP contribution in [-0.4, -0.2) is 37.0 Å². The number of carboxylic acids is 1. The Labute approximate surface area is 108 Å². The second kappa shape index (κ2) is 5.80. The molecule has 8 nitrogen and oxygen atoms in total. The molecule has 0 radical (unpaired) electrons. The Morgan fingerprint density at radius 2 is 2.32 bits per heavy atom. The first-order valence-corrected chi connectivity index (χ1v) is 5.66. The molecule has 0 aliphatic rings. The van der Waals surface area contributed by atoms with Gasteiger partial charge in [-0.1, -0.05) is 0 Å². The zero-order valence-electron chi connectivity index (χ0n) is 10.0. The van der Waals surface area contributed by atoms with Crippen molar-refractivity contribution >= 4 is 11.9 Å². The lowest BCUT2D eigenvalue weighted by atomic mass is 10.3. The highest BCUT2D eigenvalue weighted by atomic mass is 16.4. The Morgan fingerprint density at radius 3 is 2.95 bits per heavy atom. The molecule has 1 amide bonds. The lowest BCUT2D eigenvalue weighted by molar-refractivity contribution is -0.121. The van der Waals surface area contributed by atoms with E-state index in [-0.39, 0.29) is 17.9 Å². The van der Waals surface area contributed by atoms with E-state index >= 15 is 0 Å². The SMILES string of the molecule is O=C(CCn1cc(C(=O)O)cn1)NCc1ccn[nH]1. The van der Waals surface area contributed by atoms with Gasteiger partial charge in [-0.25, -0.2) is 4.79 Å². The molecule has 0 unspecified atom stereocenters. The van der Waals surface area contributed by atoms with Gasteiger partial charge in [-0.15, -0.1) is 0 Å². The topological polar surface area (TPSA) is 113 Å². The molecule has 0 aliphatic carbocycles. The molecule has 0 aromatic carbocycles. The highest BCUT2D eigenvalue weighted by molar-refractivity contribution is 5.86. The fourth-order valence-electron chi connectivity index (χ4n) is 1.48. The number of rotatable bonds is 6. The van der Waals surface area contributed by atoms with Crippen LogP contribution in [0.15, 0.2) is 24.7 Å². The van der Waals surface area contributed by atoms with Gasteiger partial charge in [0, 0.05) is 25.4 Å². The number of hydrogen-bond donors (Lipinski definition) is 3. The summed E-state index contributed by atoms with van der Waals surface area (Å²) in [4.78, 5) is 22.2. The number of aryl methyl sites for hydroxylation is 1. The fraction of sp³-hybridized carbons (Fsp3) is 0.273. The quantitative estimate of drug-likeness (QED) is 0.679. The third-order valence-corrected chi connectivity index (χ3v) is 2.48. The average Bonchev–Trinajstić information content (AvgIpc) is 3.05. The standard InChI is InChI=1S/C11H13N5O3/c17-10(12-6-9-1-3-13-15-9)2-4-16-7-8(5-14-16)11(18)19/h1,3,5,7H,2,4,6H2,(H,12,17)(H,13,15)(H,18,19). The molecule has 100 valence electrons. The summed E-state index contributed by atoms with van der Waals surface area (Å²) in [6, 6.07) is 1.77. The van der Waals surface area contributed by atoms with E-state index < -0.39 is 5.97 Å². The number of amides is 1. The van der Waals surface area contributed by atoms with Gasteiger partial charge in [-0.3, -0.25) is 14.6 Å². The fourth-order valence-corrected chi connectivity index (χ4v) is 1.48. The molecule has 0 fully saturated rings. The molecule has 2 rings (SSSR count). The van der Waals surface area contributed by atoms with Gasteiger partial charge in [-0.05, 0) is 6.07 Å². The minimum Gasteiger partial charge on any atom is -0.478 e. The highest BCUT2D eigenvalue weighted by Crippen LogP contribution is 1.99. The highest BCUT2D eigenvalue weighted by Gasteiger charge is 2.07. The van der Waals surface area contributed by atoms with Crippen LogP contribution >= 0.6 is 0 Å². The van der Waals surface area contributed by atoms with Crippen LogP contribution in [0.2, 0.25) is 0 Å². The van der Waals surface area contributed by atoms with Gasteiger partial charge < -0.3 is 10.4 Å². The average molecular weight is 263 g/mol. The van der Waals surface area contributed by atoms with E-state index in [1.165, 1.54) is 17.1 Å². The molecule has 0 bridgehead atoms. The van der Waals surface area contributed by atoms with E-state index in [1.54, 1.807) is 12.3 Å². The monoisotopic (exact) mass is 263 g/mol. The summed E-state index contributed by atoms with van der Waals surface area (Å²) in [5.74, 6) is -1.17. The summed E-state index contributed by atoms with van der Waals surface area (Å²) in [6.45, 7) is 0.723. The van der Waals surface area contributed by atoms with Crippen LogP contribution in [0.25, 0.3) is 0 Å². The smallest absolute Gasteiger partial charge is 0.338 e. The lowest BCUT2D eigenvalue weighted by Crippen LogP contribution is -2.24. The number of aromatic amines is 1. The first-order valence-electron chi connectivity index (χ1n) is 5.66. The summed E-state index contributed by atoms with van der Waals surface area (Å²) >= 11 is 0. The third-order valence-electron chi connectivity index (χ3n) is 2.48. The molecule has 2 aromatic heterocycles. The molecule has 0 saturated heterocycles. The number of carbonyl (C=O) groups excluding carboxylic acids is 1. The van der Waals surface area contributed by atoms with Gasteiger partial charge in [-0.2, -0.15) is 10.2 Å². The summed E-state index contributed by atoms with van der Waals surface area (Å²) in [7, 11) is 0. The molecule has 0 saturated carbocycles. The van der Waals surface area contributed by atoms with Crippen molar-refractivity contribution in [3.63, 3.8) is 0 Å². The molecule has 0 spiro atoms. The molecule has 0 atom stereocenters. The zero-order chi connectivity index (χ0) is 13.7. The van der Waals surface area contributed by atoms with Crippen molar-refractivity contribution in [3.05, 3.63) is 35.9 Å². The number of carbonyl (C=O) groups is 2. The minimum absolute atomic E-state index is 0.109. The number of aromatic nitrogens is 4. The summed E-state index contributed by atoms with van der Waals surface area (Å²) in [6.07, 6.45) is 4.49. The molecular formula is C11H13N5O3. The Bertz CT molecular complexity index is 561. The number of hydrogen-bond acceptors (Lipinski definition) is 4. The summed E-state index contributed by atoms with van der Waals surface area (Å²) in [5, 5.41) is 21.8. The molecule has 2 heterocycles. The minimum atomic E-state index is -1.03. The zero-order valence-corrected chi connectivity index (χ0v) is 10.0. The van der Waals surface area contributed by atoms with Crippen LogP contribution in [0.5, 0.6) is 0 Å². The normalized spacial score (nSPS) is 10.3. The van der Waals surface area contributed by atoms with Crippen molar-refractivity contribution in [2.45, 2.75) is 19.5 Å². The second-order valence-electron chi connectivity index (χ2n) is 3.91. The first-order chi connectivity index (χ1) is 9.15. The van der Waals surface area contributed by atoms with Gasteiger partial charge in [0.1, 0.15) is 0 Å². The largest absolute Gasteiger partial charge is 0.478 e. The van der Waals surface area contributed by atoms with Crippen LogP contribution in [-0.2, 0) is 17.9 Å². The van der Waals surface area contributed by atoms with E-state index in [4.69, 9.17) is 5.11 Å². The van der Waals surface area contributed by atoms with Gasteiger partial charge in [0.2, 0.25) is 5.91 Å². The maximum Gasteiger partial charge on any atom is 0.338 e. The van der Waals surface area contributed by atoms with Crippen molar-refractivity contribution in [2.75, 3.05) is 0 Å². The van der Waals surface area contributed by atoms with Crippen LogP contribution in [0.1, 0.15) is 22.5 Å². The lowest BCUT2D eigenvalue weighted by Gasteiger charge is -2.03.